The Labute approximate surface area is 136 Å². The second-order valence-corrected chi connectivity index (χ2v) is 6.17. The normalized spacial score (nSPS) is 15.5. The van der Waals surface area contributed by atoms with Crippen molar-refractivity contribution in [1.29, 1.82) is 0 Å². The lowest BCUT2D eigenvalue weighted by Crippen LogP contribution is -2.44. The van der Waals surface area contributed by atoms with Crippen LogP contribution in [0.4, 0.5) is 5.69 Å². The third kappa shape index (κ3) is 3.83. The van der Waals surface area contributed by atoms with Gasteiger partial charge in [-0.2, -0.15) is 5.10 Å². The first-order valence-electron chi connectivity index (χ1n) is 7.58. The fraction of sp³-hybridized carbons (Fsp3) is 0.278. The topological polar surface area (TPSA) is 18.8 Å². The smallest absolute Gasteiger partial charge is 0.0542 e. The molecule has 0 aliphatic carbocycles. The molecule has 2 aromatic carbocycles. The highest BCUT2D eigenvalue weighted by molar-refractivity contribution is 7.98. The number of para-hydroxylation sites is 1. The second-order valence-electron chi connectivity index (χ2n) is 5.29. The van der Waals surface area contributed by atoms with Gasteiger partial charge in [0.25, 0.3) is 0 Å². The fourth-order valence-electron chi connectivity index (χ4n) is 2.55. The van der Waals surface area contributed by atoms with E-state index >= 15 is 0 Å². The molecule has 1 aliphatic rings. The molecule has 0 saturated carbocycles. The number of hydrogen-bond acceptors (Lipinski definition) is 4. The zero-order valence-corrected chi connectivity index (χ0v) is 13.7. The van der Waals surface area contributed by atoms with Crippen molar-refractivity contribution in [3.63, 3.8) is 0 Å². The molecule has 114 valence electrons. The molecule has 0 spiro atoms. The quantitative estimate of drug-likeness (QED) is 0.635. The number of hydrogen-bond donors (Lipinski definition) is 0. The Morgan fingerprint density at radius 1 is 0.909 bits per heavy atom. The van der Waals surface area contributed by atoms with E-state index in [1.807, 2.05) is 6.21 Å². The van der Waals surface area contributed by atoms with Crippen LogP contribution in [0, 0.1) is 0 Å². The van der Waals surface area contributed by atoms with Gasteiger partial charge in [-0.1, -0.05) is 30.3 Å². The molecule has 0 atom stereocenters. The molecule has 3 nitrogen and oxygen atoms in total. The van der Waals surface area contributed by atoms with Crippen molar-refractivity contribution in [2.24, 2.45) is 5.10 Å². The molecular formula is C18H21N3S. The van der Waals surface area contributed by atoms with Gasteiger partial charge in [0.05, 0.1) is 19.3 Å². The molecular weight excluding hydrogens is 290 g/mol. The lowest BCUT2D eigenvalue weighted by molar-refractivity contribution is 0.272. The van der Waals surface area contributed by atoms with E-state index < -0.39 is 0 Å². The van der Waals surface area contributed by atoms with E-state index in [4.69, 9.17) is 0 Å². The summed E-state index contributed by atoms with van der Waals surface area (Å²) in [4.78, 5) is 3.70. The van der Waals surface area contributed by atoms with Gasteiger partial charge in [-0.25, -0.2) is 0 Å². The van der Waals surface area contributed by atoms with E-state index in [0.29, 0.717) is 0 Å². The first kappa shape index (κ1) is 15.0. The summed E-state index contributed by atoms with van der Waals surface area (Å²) in [6.07, 6.45) is 4.05. The van der Waals surface area contributed by atoms with Gasteiger partial charge < -0.3 is 4.90 Å². The van der Waals surface area contributed by atoms with E-state index in [9.17, 15) is 0 Å². The number of nitrogens with zero attached hydrogens (tertiary/aromatic N) is 3. The third-order valence-corrected chi connectivity index (χ3v) is 4.61. The van der Waals surface area contributed by atoms with Crippen LogP contribution in [0.5, 0.6) is 0 Å². The lowest BCUT2D eigenvalue weighted by Gasteiger charge is -2.34. The molecule has 1 saturated heterocycles. The van der Waals surface area contributed by atoms with Crippen LogP contribution in [0.25, 0.3) is 0 Å². The number of benzene rings is 2. The molecule has 22 heavy (non-hydrogen) atoms. The number of rotatable bonds is 4. The van der Waals surface area contributed by atoms with Crippen molar-refractivity contribution < 1.29 is 0 Å². The average Bonchev–Trinajstić information content (AvgIpc) is 2.61. The molecule has 0 radical (unpaired) electrons. The fourth-order valence-corrected chi connectivity index (χ4v) is 2.95. The standard InChI is InChI=1S/C18H21N3S/c1-22-18-9-7-16(8-10-18)15-19-21-13-11-20(12-14-21)17-5-3-2-4-6-17/h2-10,15H,11-14H2,1H3. The summed E-state index contributed by atoms with van der Waals surface area (Å²) in [6.45, 7) is 3.97. The lowest BCUT2D eigenvalue weighted by atomic mass is 10.2. The van der Waals surface area contributed by atoms with Crippen LogP contribution in [-0.4, -0.2) is 43.7 Å². The van der Waals surface area contributed by atoms with Gasteiger partial charge in [-0.05, 0) is 36.1 Å². The largest absolute Gasteiger partial charge is 0.368 e. The maximum Gasteiger partial charge on any atom is 0.0542 e. The predicted octanol–water partition coefficient (Wildman–Crippen LogP) is 3.56. The molecule has 2 aromatic rings. The highest BCUT2D eigenvalue weighted by atomic mass is 32.2. The van der Waals surface area contributed by atoms with Gasteiger partial charge in [0.15, 0.2) is 0 Å². The molecule has 0 unspecified atom stereocenters. The Kier molecular flexibility index (Phi) is 5.01. The number of piperazine rings is 1. The Hall–Kier alpha value is -1.94. The van der Waals surface area contributed by atoms with Crippen molar-refractivity contribution in [3.8, 4) is 0 Å². The van der Waals surface area contributed by atoms with E-state index in [1.165, 1.54) is 10.6 Å². The van der Waals surface area contributed by atoms with Gasteiger partial charge in [-0.3, -0.25) is 5.01 Å². The molecule has 0 amide bonds. The minimum atomic E-state index is 0.967. The van der Waals surface area contributed by atoms with Crippen molar-refractivity contribution in [2.75, 3.05) is 37.3 Å². The Balaban J connectivity index is 1.54. The van der Waals surface area contributed by atoms with Crippen LogP contribution in [0.15, 0.2) is 64.6 Å². The van der Waals surface area contributed by atoms with Gasteiger partial charge in [0, 0.05) is 23.7 Å². The molecule has 0 N–H and O–H groups in total. The van der Waals surface area contributed by atoms with Crippen LogP contribution < -0.4 is 4.90 Å². The molecule has 1 fully saturated rings. The Morgan fingerprint density at radius 2 is 1.59 bits per heavy atom. The zero-order chi connectivity index (χ0) is 15.2. The second kappa shape index (κ2) is 7.36. The number of hydrazone groups is 1. The summed E-state index contributed by atoms with van der Waals surface area (Å²) in [5.74, 6) is 0. The molecule has 1 heterocycles. The summed E-state index contributed by atoms with van der Waals surface area (Å²) in [5.41, 5.74) is 2.46. The summed E-state index contributed by atoms with van der Waals surface area (Å²) < 4.78 is 0. The summed E-state index contributed by atoms with van der Waals surface area (Å²) >= 11 is 1.76. The molecule has 4 heteroatoms. The predicted molar refractivity (Wildman–Crippen MR) is 96.0 cm³/mol. The van der Waals surface area contributed by atoms with E-state index in [0.717, 1.165) is 31.7 Å². The maximum absolute atomic E-state index is 4.61. The van der Waals surface area contributed by atoms with E-state index in [-0.39, 0.29) is 0 Å². The van der Waals surface area contributed by atoms with Crippen LogP contribution in [0.3, 0.4) is 0 Å². The van der Waals surface area contributed by atoms with Gasteiger partial charge in [-0.15, -0.1) is 11.8 Å². The molecule has 3 rings (SSSR count). The third-order valence-electron chi connectivity index (χ3n) is 3.86. The Bertz CT molecular complexity index is 602. The molecule has 0 aromatic heterocycles. The summed E-state index contributed by atoms with van der Waals surface area (Å²) in [6, 6.07) is 19.1. The number of anilines is 1. The zero-order valence-electron chi connectivity index (χ0n) is 12.9. The Morgan fingerprint density at radius 3 is 2.23 bits per heavy atom. The van der Waals surface area contributed by atoms with Crippen molar-refractivity contribution in [1.82, 2.24) is 5.01 Å². The van der Waals surface area contributed by atoms with Crippen LogP contribution >= 0.6 is 11.8 Å². The van der Waals surface area contributed by atoms with Gasteiger partial charge in [0.1, 0.15) is 0 Å². The minimum absolute atomic E-state index is 0.967. The summed E-state index contributed by atoms with van der Waals surface area (Å²) in [5, 5.41) is 6.77. The number of thioether (sulfide) groups is 1. The SMILES string of the molecule is CSc1ccc(C=NN2CCN(c3ccccc3)CC2)cc1. The van der Waals surface area contributed by atoms with Crippen LogP contribution in [-0.2, 0) is 0 Å². The molecule has 1 aliphatic heterocycles. The first-order valence-corrected chi connectivity index (χ1v) is 8.80. The summed E-state index contributed by atoms with van der Waals surface area (Å²) in [7, 11) is 0. The van der Waals surface area contributed by atoms with E-state index in [2.05, 4.69) is 75.9 Å². The van der Waals surface area contributed by atoms with Crippen LogP contribution in [0.2, 0.25) is 0 Å². The van der Waals surface area contributed by atoms with Crippen LogP contribution in [0.1, 0.15) is 5.56 Å². The van der Waals surface area contributed by atoms with Crippen molar-refractivity contribution >= 4 is 23.7 Å². The van der Waals surface area contributed by atoms with Gasteiger partial charge >= 0.3 is 0 Å². The van der Waals surface area contributed by atoms with Crippen molar-refractivity contribution in [2.45, 2.75) is 4.90 Å². The van der Waals surface area contributed by atoms with E-state index in [1.54, 1.807) is 11.8 Å². The first-order chi connectivity index (χ1) is 10.8. The van der Waals surface area contributed by atoms with Crippen molar-refractivity contribution in [3.05, 3.63) is 60.2 Å². The van der Waals surface area contributed by atoms with Gasteiger partial charge in [0.2, 0.25) is 0 Å². The average molecular weight is 311 g/mol. The maximum atomic E-state index is 4.61. The highest BCUT2D eigenvalue weighted by Gasteiger charge is 2.15. The monoisotopic (exact) mass is 311 g/mol. The highest BCUT2D eigenvalue weighted by Crippen LogP contribution is 2.16. The molecule has 0 bridgehead atoms. The minimum Gasteiger partial charge on any atom is -0.368 e.